The van der Waals surface area contributed by atoms with Crippen LogP contribution in [0, 0.1) is 0 Å². The van der Waals surface area contributed by atoms with Crippen molar-refractivity contribution in [1.82, 2.24) is 0 Å². The van der Waals surface area contributed by atoms with Crippen LogP contribution in [0.15, 0.2) is 24.3 Å². The SMILES string of the molecule is O=C(O)CC1Cc2ccccc21. The highest BCUT2D eigenvalue weighted by Crippen LogP contribution is 2.36. The molecule has 1 aliphatic carbocycles. The monoisotopic (exact) mass is 162 g/mol. The summed E-state index contributed by atoms with van der Waals surface area (Å²) < 4.78 is 0. The number of rotatable bonds is 2. The zero-order valence-corrected chi connectivity index (χ0v) is 6.66. The van der Waals surface area contributed by atoms with Gasteiger partial charge in [0.2, 0.25) is 0 Å². The first-order valence-electron chi connectivity index (χ1n) is 4.07. The molecule has 2 nitrogen and oxygen atoms in total. The third-order valence-corrected chi connectivity index (χ3v) is 2.38. The molecule has 1 atom stereocenters. The zero-order valence-electron chi connectivity index (χ0n) is 6.66. The molecular weight excluding hydrogens is 152 g/mol. The molecule has 1 aromatic carbocycles. The van der Waals surface area contributed by atoms with Crippen molar-refractivity contribution in [3.8, 4) is 0 Å². The Balaban J connectivity index is 2.15. The Labute approximate surface area is 70.8 Å². The van der Waals surface area contributed by atoms with E-state index < -0.39 is 5.97 Å². The van der Waals surface area contributed by atoms with Gasteiger partial charge in [-0.25, -0.2) is 0 Å². The van der Waals surface area contributed by atoms with E-state index in [1.54, 1.807) is 0 Å². The third kappa shape index (κ3) is 1.09. The van der Waals surface area contributed by atoms with Crippen molar-refractivity contribution in [3.63, 3.8) is 0 Å². The number of carboxylic acid groups (broad SMARTS) is 1. The summed E-state index contributed by atoms with van der Waals surface area (Å²) >= 11 is 0. The smallest absolute Gasteiger partial charge is 0.303 e. The summed E-state index contributed by atoms with van der Waals surface area (Å²) in [7, 11) is 0. The van der Waals surface area contributed by atoms with Crippen LogP contribution in [-0.4, -0.2) is 11.1 Å². The number of hydrogen-bond donors (Lipinski definition) is 1. The third-order valence-electron chi connectivity index (χ3n) is 2.38. The van der Waals surface area contributed by atoms with Gasteiger partial charge in [-0.15, -0.1) is 0 Å². The Morgan fingerprint density at radius 1 is 1.50 bits per heavy atom. The minimum atomic E-state index is -0.700. The van der Waals surface area contributed by atoms with Crippen LogP contribution in [0.3, 0.4) is 0 Å². The molecule has 0 spiro atoms. The van der Waals surface area contributed by atoms with Gasteiger partial charge in [0.05, 0.1) is 6.42 Å². The predicted octanol–water partition coefficient (Wildman–Crippen LogP) is 1.80. The molecule has 12 heavy (non-hydrogen) atoms. The highest BCUT2D eigenvalue weighted by atomic mass is 16.4. The average molecular weight is 162 g/mol. The van der Waals surface area contributed by atoms with E-state index in [9.17, 15) is 4.79 Å². The van der Waals surface area contributed by atoms with Crippen LogP contribution in [0.1, 0.15) is 23.5 Å². The molecule has 0 saturated carbocycles. The fourth-order valence-corrected chi connectivity index (χ4v) is 1.76. The Morgan fingerprint density at radius 3 is 2.92 bits per heavy atom. The molecule has 1 aliphatic rings. The second-order valence-electron chi connectivity index (χ2n) is 3.20. The lowest BCUT2D eigenvalue weighted by atomic mass is 9.76. The summed E-state index contributed by atoms with van der Waals surface area (Å²) in [5.41, 5.74) is 2.53. The fraction of sp³-hybridized carbons (Fsp3) is 0.300. The second-order valence-corrected chi connectivity index (χ2v) is 3.20. The van der Waals surface area contributed by atoms with E-state index in [-0.39, 0.29) is 12.3 Å². The van der Waals surface area contributed by atoms with E-state index in [2.05, 4.69) is 6.07 Å². The van der Waals surface area contributed by atoms with Gasteiger partial charge in [0, 0.05) is 0 Å². The largest absolute Gasteiger partial charge is 0.481 e. The van der Waals surface area contributed by atoms with Crippen LogP contribution >= 0.6 is 0 Å². The van der Waals surface area contributed by atoms with Crippen LogP contribution < -0.4 is 0 Å². The molecule has 0 aromatic heterocycles. The van der Waals surface area contributed by atoms with Crippen LogP contribution in [0.25, 0.3) is 0 Å². The van der Waals surface area contributed by atoms with Gasteiger partial charge in [-0.1, -0.05) is 24.3 Å². The zero-order chi connectivity index (χ0) is 8.55. The van der Waals surface area contributed by atoms with Gasteiger partial charge in [-0.05, 0) is 23.5 Å². The van der Waals surface area contributed by atoms with Crippen LogP contribution in [0.4, 0.5) is 0 Å². The molecule has 2 rings (SSSR count). The van der Waals surface area contributed by atoms with Gasteiger partial charge in [0.1, 0.15) is 0 Å². The fourth-order valence-electron chi connectivity index (χ4n) is 1.76. The predicted molar refractivity (Wildman–Crippen MR) is 45.1 cm³/mol. The number of benzene rings is 1. The molecule has 0 saturated heterocycles. The maximum atomic E-state index is 10.4. The van der Waals surface area contributed by atoms with E-state index in [0.29, 0.717) is 0 Å². The van der Waals surface area contributed by atoms with Gasteiger partial charge in [-0.3, -0.25) is 4.79 Å². The Kier molecular flexibility index (Phi) is 1.61. The molecule has 0 aliphatic heterocycles. The first-order chi connectivity index (χ1) is 5.77. The van der Waals surface area contributed by atoms with Gasteiger partial charge in [0.15, 0.2) is 0 Å². The standard InChI is InChI=1S/C10H10O2/c11-10(12)6-8-5-7-3-1-2-4-9(7)8/h1-4,8H,5-6H2,(H,11,12). The van der Waals surface area contributed by atoms with E-state index in [1.807, 2.05) is 18.2 Å². The summed E-state index contributed by atoms with van der Waals surface area (Å²) in [6, 6.07) is 8.04. The molecule has 0 bridgehead atoms. The van der Waals surface area contributed by atoms with Crippen LogP contribution in [0.2, 0.25) is 0 Å². The van der Waals surface area contributed by atoms with E-state index in [0.717, 1.165) is 6.42 Å². The first kappa shape index (κ1) is 7.35. The molecule has 1 aromatic rings. The second kappa shape index (κ2) is 2.63. The minimum absolute atomic E-state index is 0.263. The van der Waals surface area contributed by atoms with Gasteiger partial charge in [0.25, 0.3) is 0 Å². The molecule has 62 valence electrons. The topological polar surface area (TPSA) is 37.3 Å². The van der Waals surface area contributed by atoms with Crippen molar-refractivity contribution in [3.05, 3.63) is 35.4 Å². The van der Waals surface area contributed by atoms with Crippen molar-refractivity contribution in [1.29, 1.82) is 0 Å². The van der Waals surface area contributed by atoms with E-state index in [1.165, 1.54) is 11.1 Å². The van der Waals surface area contributed by atoms with Crippen molar-refractivity contribution in [2.45, 2.75) is 18.8 Å². The van der Waals surface area contributed by atoms with Crippen LogP contribution in [0.5, 0.6) is 0 Å². The first-order valence-corrected chi connectivity index (χ1v) is 4.07. The lowest BCUT2D eigenvalue weighted by Gasteiger charge is -2.28. The normalized spacial score (nSPS) is 19.5. The number of fused-ring (bicyclic) bond motifs is 1. The van der Waals surface area contributed by atoms with Crippen LogP contribution in [-0.2, 0) is 11.2 Å². The summed E-state index contributed by atoms with van der Waals surface area (Å²) in [4.78, 5) is 10.4. The maximum absolute atomic E-state index is 10.4. The molecule has 0 heterocycles. The van der Waals surface area contributed by atoms with Crippen molar-refractivity contribution < 1.29 is 9.90 Å². The lowest BCUT2D eigenvalue weighted by molar-refractivity contribution is -0.137. The summed E-state index contributed by atoms with van der Waals surface area (Å²) in [5, 5.41) is 8.57. The van der Waals surface area contributed by atoms with Gasteiger partial charge in [-0.2, -0.15) is 0 Å². The minimum Gasteiger partial charge on any atom is -0.481 e. The maximum Gasteiger partial charge on any atom is 0.303 e. The van der Waals surface area contributed by atoms with Crippen molar-refractivity contribution in [2.75, 3.05) is 0 Å². The Hall–Kier alpha value is -1.31. The highest BCUT2D eigenvalue weighted by Gasteiger charge is 2.26. The molecule has 0 fully saturated rings. The number of hydrogen-bond acceptors (Lipinski definition) is 1. The Bertz CT molecular complexity index is 317. The number of aliphatic carboxylic acids is 1. The summed E-state index contributed by atoms with van der Waals surface area (Å²) in [5.74, 6) is -0.437. The molecule has 1 N–H and O–H groups in total. The Morgan fingerprint density at radius 2 is 2.25 bits per heavy atom. The molecular formula is C10H10O2. The van der Waals surface area contributed by atoms with Crippen molar-refractivity contribution in [2.24, 2.45) is 0 Å². The molecule has 2 heteroatoms. The van der Waals surface area contributed by atoms with Gasteiger partial charge < -0.3 is 5.11 Å². The number of carboxylic acids is 1. The average Bonchev–Trinajstić information content (AvgIpc) is 2.00. The molecule has 0 radical (unpaired) electrons. The van der Waals surface area contributed by atoms with E-state index >= 15 is 0 Å². The lowest BCUT2D eigenvalue weighted by Crippen LogP contribution is -2.19. The van der Waals surface area contributed by atoms with Gasteiger partial charge >= 0.3 is 5.97 Å². The summed E-state index contributed by atoms with van der Waals surface area (Å²) in [6.45, 7) is 0. The van der Waals surface area contributed by atoms with Crippen molar-refractivity contribution >= 4 is 5.97 Å². The molecule has 1 unspecified atom stereocenters. The summed E-state index contributed by atoms with van der Waals surface area (Å²) in [6.07, 6.45) is 1.21. The van der Waals surface area contributed by atoms with E-state index in [4.69, 9.17) is 5.11 Å². The highest BCUT2D eigenvalue weighted by molar-refractivity contribution is 5.69. The molecule has 0 amide bonds. The quantitative estimate of drug-likeness (QED) is 0.720. The number of carbonyl (C=O) groups is 1.